The molecule has 0 radical (unpaired) electrons. The molecule has 22 heavy (non-hydrogen) atoms. The number of carbonyl (C=O) groups is 2. The zero-order valence-electron chi connectivity index (χ0n) is 11.7. The molecule has 2 amide bonds. The van der Waals surface area contributed by atoms with Gasteiger partial charge in [0, 0.05) is 12.2 Å². The predicted octanol–water partition coefficient (Wildman–Crippen LogP) is 3.09. The Morgan fingerprint density at radius 2 is 1.95 bits per heavy atom. The van der Waals surface area contributed by atoms with Gasteiger partial charge in [0.25, 0.3) is 0 Å². The van der Waals surface area contributed by atoms with Crippen molar-refractivity contribution in [3.63, 3.8) is 0 Å². The fourth-order valence-electron chi connectivity index (χ4n) is 3.04. The number of alkyl halides is 3. The zero-order chi connectivity index (χ0) is 16.0. The van der Waals surface area contributed by atoms with Crippen LogP contribution in [-0.4, -0.2) is 28.2 Å². The van der Waals surface area contributed by atoms with E-state index in [1.807, 2.05) is 0 Å². The van der Waals surface area contributed by atoms with Crippen LogP contribution in [0.15, 0.2) is 24.3 Å². The first-order valence-electron chi connectivity index (χ1n) is 6.91. The molecule has 0 N–H and O–H groups in total. The van der Waals surface area contributed by atoms with E-state index in [9.17, 15) is 22.8 Å². The quantitative estimate of drug-likeness (QED) is 0.783. The second-order valence-electron chi connectivity index (χ2n) is 5.70. The van der Waals surface area contributed by atoms with Crippen molar-refractivity contribution >= 4 is 23.6 Å². The Labute approximate surface area is 129 Å². The summed E-state index contributed by atoms with van der Waals surface area (Å²) in [6.45, 7) is -0.306. The minimum absolute atomic E-state index is 0.0422. The molecule has 0 bridgehead atoms. The molecule has 1 atom stereocenters. The fourth-order valence-corrected chi connectivity index (χ4v) is 4.48. The number of rotatable bonds is 2. The van der Waals surface area contributed by atoms with E-state index >= 15 is 0 Å². The average molecular weight is 329 g/mol. The Morgan fingerprint density at radius 3 is 2.59 bits per heavy atom. The van der Waals surface area contributed by atoms with E-state index in [0.717, 1.165) is 16.7 Å². The van der Waals surface area contributed by atoms with Crippen LogP contribution in [0.25, 0.3) is 0 Å². The second kappa shape index (κ2) is 5.30. The molecular weight excluding hydrogens is 315 g/mol. The predicted molar refractivity (Wildman–Crippen MR) is 76.0 cm³/mol. The average Bonchev–Trinajstić information content (AvgIpc) is 3.00. The number of nitrogens with zero attached hydrogens (tertiary/aromatic N) is 1. The highest BCUT2D eigenvalue weighted by molar-refractivity contribution is 7.99. The standard InChI is InChI=1S/C15H14F3NO2S/c16-15(17,18)11-4-2-1-3-10(11)8-19-12(20)7-14(13(19)21)5-6-22-9-14/h1-4H,5-9H2. The summed E-state index contributed by atoms with van der Waals surface area (Å²) in [4.78, 5) is 25.6. The number of likely N-dealkylation sites (tertiary alicyclic amines) is 1. The molecule has 118 valence electrons. The smallest absolute Gasteiger partial charge is 0.278 e. The molecule has 1 spiro atoms. The van der Waals surface area contributed by atoms with Gasteiger partial charge in [-0.25, -0.2) is 0 Å². The molecule has 7 heteroatoms. The number of benzene rings is 1. The van der Waals surface area contributed by atoms with Crippen LogP contribution < -0.4 is 0 Å². The molecule has 2 fully saturated rings. The summed E-state index contributed by atoms with van der Waals surface area (Å²) in [6.07, 6.45) is -3.75. The first-order valence-corrected chi connectivity index (χ1v) is 8.07. The number of thioether (sulfide) groups is 1. The van der Waals surface area contributed by atoms with Crippen molar-refractivity contribution in [2.24, 2.45) is 5.41 Å². The van der Waals surface area contributed by atoms with Crippen LogP contribution in [0.2, 0.25) is 0 Å². The SMILES string of the molecule is O=C1CC2(CCSC2)C(=O)N1Cc1ccccc1C(F)(F)F. The van der Waals surface area contributed by atoms with Crippen molar-refractivity contribution < 1.29 is 22.8 Å². The van der Waals surface area contributed by atoms with Gasteiger partial charge in [-0.1, -0.05) is 18.2 Å². The van der Waals surface area contributed by atoms with Gasteiger partial charge in [-0.2, -0.15) is 24.9 Å². The first kappa shape index (κ1) is 15.4. The van der Waals surface area contributed by atoms with Crippen molar-refractivity contribution in [3.8, 4) is 0 Å². The molecule has 3 rings (SSSR count). The third-order valence-corrected chi connectivity index (χ3v) is 5.49. The normalized spacial score (nSPS) is 25.5. The van der Waals surface area contributed by atoms with Crippen LogP contribution in [0.4, 0.5) is 13.2 Å². The lowest BCUT2D eigenvalue weighted by Gasteiger charge is -2.21. The maximum atomic E-state index is 13.0. The minimum atomic E-state index is -4.50. The van der Waals surface area contributed by atoms with Gasteiger partial charge in [-0.05, 0) is 23.8 Å². The third-order valence-electron chi connectivity index (χ3n) is 4.24. The molecule has 0 saturated carbocycles. The number of hydrogen-bond donors (Lipinski definition) is 0. The van der Waals surface area contributed by atoms with Gasteiger partial charge >= 0.3 is 6.18 Å². The summed E-state index contributed by atoms with van der Waals surface area (Å²) >= 11 is 1.61. The lowest BCUT2D eigenvalue weighted by molar-refractivity contribution is -0.144. The van der Waals surface area contributed by atoms with Gasteiger partial charge in [-0.15, -0.1) is 0 Å². The van der Waals surface area contributed by atoms with Crippen molar-refractivity contribution in [1.29, 1.82) is 0 Å². The summed E-state index contributed by atoms with van der Waals surface area (Å²) in [5.74, 6) is 0.699. The molecule has 2 aliphatic heterocycles. The zero-order valence-corrected chi connectivity index (χ0v) is 12.5. The van der Waals surface area contributed by atoms with Gasteiger partial charge in [0.2, 0.25) is 11.8 Å². The lowest BCUT2D eigenvalue weighted by Crippen LogP contribution is -2.35. The van der Waals surface area contributed by atoms with Crippen molar-refractivity contribution in [2.75, 3.05) is 11.5 Å². The van der Waals surface area contributed by atoms with Gasteiger partial charge < -0.3 is 0 Å². The fraction of sp³-hybridized carbons (Fsp3) is 0.467. The van der Waals surface area contributed by atoms with Crippen molar-refractivity contribution in [1.82, 2.24) is 4.90 Å². The van der Waals surface area contributed by atoms with Crippen molar-refractivity contribution in [3.05, 3.63) is 35.4 Å². The summed E-state index contributed by atoms with van der Waals surface area (Å²) in [7, 11) is 0. The second-order valence-corrected chi connectivity index (χ2v) is 6.80. The molecular formula is C15H14F3NO2S. The highest BCUT2D eigenvalue weighted by atomic mass is 32.2. The molecule has 1 unspecified atom stereocenters. The van der Waals surface area contributed by atoms with E-state index in [1.165, 1.54) is 18.2 Å². The summed E-state index contributed by atoms with van der Waals surface area (Å²) in [5.41, 5.74) is -1.52. The van der Waals surface area contributed by atoms with E-state index in [-0.39, 0.29) is 30.3 Å². The third kappa shape index (κ3) is 2.51. The minimum Gasteiger partial charge on any atom is -0.278 e. The highest BCUT2D eigenvalue weighted by Crippen LogP contribution is 2.45. The molecule has 0 aliphatic carbocycles. The van der Waals surface area contributed by atoms with Gasteiger partial charge in [-0.3, -0.25) is 14.5 Å². The number of amides is 2. The van der Waals surface area contributed by atoms with E-state index < -0.39 is 17.2 Å². The Kier molecular flexibility index (Phi) is 3.71. The molecule has 3 nitrogen and oxygen atoms in total. The van der Waals surface area contributed by atoms with Gasteiger partial charge in [0.1, 0.15) is 0 Å². The Balaban J connectivity index is 1.88. The largest absolute Gasteiger partial charge is 0.416 e. The molecule has 0 aromatic heterocycles. The van der Waals surface area contributed by atoms with Gasteiger partial charge in [0.05, 0.1) is 17.5 Å². The number of imide groups is 1. The molecule has 1 aromatic rings. The number of hydrogen-bond acceptors (Lipinski definition) is 3. The summed E-state index contributed by atoms with van der Waals surface area (Å²) in [5, 5.41) is 0. The molecule has 2 saturated heterocycles. The summed E-state index contributed by atoms with van der Waals surface area (Å²) < 4.78 is 39.1. The molecule has 1 aromatic carbocycles. The van der Waals surface area contributed by atoms with E-state index in [0.29, 0.717) is 12.2 Å². The van der Waals surface area contributed by atoms with E-state index in [1.54, 1.807) is 11.8 Å². The van der Waals surface area contributed by atoms with Crippen LogP contribution in [0.3, 0.4) is 0 Å². The van der Waals surface area contributed by atoms with E-state index in [4.69, 9.17) is 0 Å². The first-order chi connectivity index (χ1) is 10.3. The number of halogens is 3. The highest BCUT2D eigenvalue weighted by Gasteiger charge is 2.53. The molecule has 2 heterocycles. The Hall–Kier alpha value is -1.50. The van der Waals surface area contributed by atoms with Gasteiger partial charge in [0.15, 0.2) is 0 Å². The Morgan fingerprint density at radius 1 is 1.23 bits per heavy atom. The van der Waals surface area contributed by atoms with Crippen molar-refractivity contribution in [2.45, 2.75) is 25.6 Å². The lowest BCUT2D eigenvalue weighted by atomic mass is 9.86. The molecule has 2 aliphatic rings. The van der Waals surface area contributed by atoms with Crippen LogP contribution >= 0.6 is 11.8 Å². The van der Waals surface area contributed by atoms with Crippen LogP contribution in [0.5, 0.6) is 0 Å². The van der Waals surface area contributed by atoms with Crippen LogP contribution in [0.1, 0.15) is 24.0 Å². The maximum Gasteiger partial charge on any atom is 0.416 e. The van der Waals surface area contributed by atoms with Crippen LogP contribution in [-0.2, 0) is 22.3 Å². The topological polar surface area (TPSA) is 37.4 Å². The monoisotopic (exact) mass is 329 g/mol. The number of carbonyl (C=O) groups excluding carboxylic acids is 2. The summed E-state index contributed by atoms with van der Waals surface area (Å²) in [6, 6.07) is 5.07. The maximum absolute atomic E-state index is 13.0. The van der Waals surface area contributed by atoms with Crippen LogP contribution in [0, 0.1) is 5.41 Å². The Bertz CT molecular complexity index is 623. The van der Waals surface area contributed by atoms with E-state index in [2.05, 4.69) is 0 Å².